The molecule has 0 rings (SSSR count). The Balaban J connectivity index is -0.000000761. The summed E-state index contributed by atoms with van der Waals surface area (Å²) in [7, 11) is -9.53. The summed E-state index contributed by atoms with van der Waals surface area (Å²) in [5.41, 5.74) is 0. The minimum atomic E-state index is -4.89. The van der Waals surface area contributed by atoms with Crippen molar-refractivity contribution in [2.45, 2.75) is 194 Å². The molecule has 12 heteroatoms. The fourth-order valence-corrected chi connectivity index (χ4v) is 5.01. The number of unbranched alkanes of at least 4 members (excludes halogenated alkanes) is 24. The second-order valence-corrected chi connectivity index (χ2v) is 14.5. The van der Waals surface area contributed by atoms with E-state index in [1.165, 1.54) is 180 Å². The molecule has 284 valence electrons. The number of ether oxygens (including phenoxy) is 1. The fourth-order valence-electron chi connectivity index (χ4n) is 5.01. The summed E-state index contributed by atoms with van der Waals surface area (Å²) in [5.74, 6) is 0. The SMILES string of the molecule is CCCCCCCC/C=C\CCCCCCCCOCCCCCCCC/C=C\CCCCCCCC.O=P(O)(O)O.O=P([O-])(O)O.[Na+]. The molecule has 0 aliphatic heterocycles. The summed E-state index contributed by atoms with van der Waals surface area (Å²) in [4.78, 5) is 44.5. The molecule has 0 spiro atoms. The summed E-state index contributed by atoms with van der Waals surface area (Å²) >= 11 is 0. The van der Waals surface area contributed by atoms with Gasteiger partial charge in [-0.3, -0.25) is 4.57 Å². The van der Waals surface area contributed by atoms with Crippen LogP contribution in [-0.2, 0) is 13.9 Å². The Bertz CT molecular complexity index is 666. The minimum Gasteiger partial charge on any atom is -0.756 e. The standard InChI is InChI=1S/C36H70O.Na.2H3O4P/c1-3-5-7-9-11-13-15-17-19-21-23-25-27-29-31-33-35-37-36-34-32-30-28-26-24-22-20-18-16-14-12-10-8-6-4-2;;2*1-5(2,3)4/h17-20H,3-16,21-36H2,1-2H3;;2*(H3,1,2,3,4)/q;+1;;/p-1/b19-17-,20-18-;;;. The van der Waals surface area contributed by atoms with Crippen LogP contribution in [0.1, 0.15) is 194 Å². The van der Waals surface area contributed by atoms with Gasteiger partial charge < -0.3 is 34.1 Å². The zero-order valence-electron chi connectivity index (χ0n) is 31.3. The van der Waals surface area contributed by atoms with Gasteiger partial charge in [0.25, 0.3) is 7.82 Å². The normalized spacial score (nSPS) is 11.7. The third-order valence-corrected chi connectivity index (χ3v) is 7.60. The number of hydrogen-bond acceptors (Lipinski definition) is 4. The van der Waals surface area contributed by atoms with Gasteiger partial charge in [-0.2, -0.15) is 0 Å². The maximum Gasteiger partial charge on any atom is 1.00 e. The van der Waals surface area contributed by atoms with Crippen LogP contribution in [0.5, 0.6) is 0 Å². The molecule has 9 nitrogen and oxygen atoms in total. The maximum absolute atomic E-state index is 8.88. The molecule has 0 heterocycles. The molecule has 0 fully saturated rings. The molecule has 0 unspecified atom stereocenters. The van der Waals surface area contributed by atoms with E-state index in [4.69, 9.17) is 43.2 Å². The summed E-state index contributed by atoms with van der Waals surface area (Å²) in [6, 6.07) is 0. The van der Waals surface area contributed by atoms with Crippen molar-refractivity contribution < 1.29 is 72.8 Å². The van der Waals surface area contributed by atoms with E-state index in [0.29, 0.717) is 0 Å². The van der Waals surface area contributed by atoms with Crippen LogP contribution in [-0.4, -0.2) is 37.7 Å². The van der Waals surface area contributed by atoms with Gasteiger partial charge in [0.1, 0.15) is 0 Å². The Morgan fingerprint density at radius 1 is 0.438 bits per heavy atom. The average Bonchev–Trinajstić information content (AvgIpc) is 2.98. The summed E-state index contributed by atoms with van der Waals surface area (Å²) in [5, 5.41) is 0. The van der Waals surface area contributed by atoms with E-state index in [1.807, 2.05) is 0 Å². The molecular weight excluding hydrogens is 661 g/mol. The number of allylic oxidation sites excluding steroid dienone is 4. The van der Waals surface area contributed by atoms with Crippen molar-refractivity contribution in [2.75, 3.05) is 13.2 Å². The van der Waals surface area contributed by atoms with Crippen molar-refractivity contribution >= 4 is 15.6 Å². The summed E-state index contributed by atoms with van der Waals surface area (Å²) < 4.78 is 23.5. The molecule has 0 atom stereocenters. The molecule has 0 aliphatic carbocycles. The zero-order chi connectivity index (χ0) is 35.7. The van der Waals surface area contributed by atoms with Gasteiger partial charge in [-0.15, -0.1) is 0 Å². The van der Waals surface area contributed by atoms with E-state index in [0.717, 1.165) is 13.2 Å². The van der Waals surface area contributed by atoms with E-state index >= 15 is 0 Å². The van der Waals surface area contributed by atoms with E-state index in [2.05, 4.69) is 38.2 Å². The quantitative estimate of drug-likeness (QED) is 0.0202. The first-order valence-electron chi connectivity index (χ1n) is 18.8. The molecule has 0 bridgehead atoms. The van der Waals surface area contributed by atoms with Crippen LogP contribution in [0.4, 0.5) is 0 Å². The van der Waals surface area contributed by atoms with Crippen LogP contribution in [0.2, 0.25) is 0 Å². The third kappa shape index (κ3) is 81.0. The molecule has 0 saturated carbocycles. The molecule has 48 heavy (non-hydrogen) atoms. The first-order valence-corrected chi connectivity index (χ1v) is 21.9. The second-order valence-electron chi connectivity index (χ2n) is 12.5. The number of rotatable bonds is 32. The Morgan fingerprint density at radius 2 is 0.625 bits per heavy atom. The number of phosphoric acid groups is 2. The van der Waals surface area contributed by atoms with Gasteiger partial charge in [-0.05, 0) is 64.2 Å². The molecule has 0 aromatic rings. The first-order chi connectivity index (χ1) is 22.4. The van der Waals surface area contributed by atoms with Gasteiger partial charge in [-0.25, -0.2) is 4.57 Å². The molecule has 0 aromatic heterocycles. The van der Waals surface area contributed by atoms with Crippen molar-refractivity contribution in [2.24, 2.45) is 0 Å². The molecule has 0 aliphatic rings. The van der Waals surface area contributed by atoms with Crippen LogP contribution in [0.25, 0.3) is 0 Å². The smallest absolute Gasteiger partial charge is 0.756 e. The fraction of sp³-hybridized carbons (Fsp3) is 0.889. The third-order valence-electron chi connectivity index (χ3n) is 7.60. The average molecular weight is 737 g/mol. The van der Waals surface area contributed by atoms with Gasteiger partial charge in [-0.1, -0.05) is 154 Å². The molecule has 0 aromatic carbocycles. The largest absolute Gasteiger partial charge is 1.00 e. The van der Waals surface area contributed by atoms with E-state index in [-0.39, 0.29) is 29.6 Å². The second kappa shape index (κ2) is 45.7. The van der Waals surface area contributed by atoms with Crippen molar-refractivity contribution in [3.05, 3.63) is 24.3 Å². The minimum absolute atomic E-state index is 0. The van der Waals surface area contributed by atoms with Gasteiger partial charge in [0.2, 0.25) is 0 Å². The van der Waals surface area contributed by atoms with E-state index < -0.39 is 15.6 Å². The predicted molar refractivity (Wildman–Crippen MR) is 196 cm³/mol. The summed E-state index contributed by atoms with van der Waals surface area (Å²) in [6.07, 6.45) is 48.1. The van der Waals surface area contributed by atoms with Gasteiger partial charge in [0, 0.05) is 13.2 Å². The van der Waals surface area contributed by atoms with Gasteiger partial charge in [0.15, 0.2) is 0 Å². The predicted octanol–water partition coefficient (Wildman–Crippen LogP) is 7.59. The monoisotopic (exact) mass is 736 g/mol. The Labute approximate surface area is 318 Å². The Kier molecular flexibility index (Phi) is 52.7. The molecule has 0 radical (unpaired) electrons. The van der Waals surface area contributed by atoms with Crippen molar-refractivity contribution in [3.8, 4) is 0 Å². The Morgan fingerprint density at radius 3 is 0.854 bits per heavy atom. The van der Waals surface area contributed by atoms with Crippen LogP contribution in [0.15, 0.2) is 24.3 Å². The summed E-state index contributed by atoms with van der Waals surface area (Å²) in [6.45, 7) is 6.54. The first kappa shape index (κ1) is 55.4. The Hall–Kier alpha value is 0.660. The zero-order valence-corrected chi connectivity index (χ0v) is 35.1. The molecular formula is C36H75NaO9P2. The molecule has 0 amide bonds. The topological polar surface area (TPSA) is 168 Å². The van der Waals surface area contributed by atoms with E-state index in [9.17, 15) is 0 Å². The van der Waals surface area contributed by atoms with Crippen molar-refractivity contribution in [1.82, 2.24) is 0 Å². The van der Waals surface area contributed by atoms with E-state index in [1.54, 1.807) is 0 Å². The van der Waals surface area contributed by atoms with Crippen LogP contribution >= 0.6 is 15.6 Å². The van der Waals surface area contributed by atoms with Crippen LogP contribution < -0.4 is 34.5 Å². The maximum atomic E-state index is 8.88. The molecule has 0 saturated heterocycles. The van der Waals surface area contributed by atoms with Crippen LogP contribution in [0.3, 0.4) is 0 Å². The van der Waals surface area contributed by atoms with Crippen molar-refractivity contribution in [3.63, 3.8) is 0 Å². The van der Waals surface area contributed by atoms with Gasteiger partial charge in [0.05, 0.1) is 0 Å². The number of hydrogen-bond donors (Lipinski definition) is 5. The van der Waals surface area contributed by atoms with Crippen molar-refractivity contribution in [1.29, 1.82) is 0 Å². The van der Waals surface area contributed by atoms with Crippen LogP contribution in [0, 0.1) is 0 Å². The molecule has 5 N–H and O–H groups in total. The van der Waals surface area contributed by atoms with Gasteiger partial charge >= 0.3 is 37.4 Å².